The molecule has 2 aliphatic heterocycles. The lowest BCUT2D eigenvalue weighted by Crippen LogP contribution is -2.53. The highest BCUT2D eigenvalue weighted by molar-refractivity contribution is 9.10. The van der Waals surface area contributed by atoms with E-state index in [1.54, 1.807) is 0 Å². The maximum atomic E-state index is 12.4. The van der Waals surface area contributed by atoms with Crippen LogP contribution in [0.3, 0.4) is 0 Å². The first-order chi connectivity index (χ1) is 11.1. The standard InChI is InChI=1S/C17H21BrN2O3/c18-14-5-3-13(4-6-14)12-16(21)19-7-9-20(10-8-19)17(22)15-2-1-11-23-15/h3-6,15H,1-2,7-12H2. The summed E-state index contributed by atoms with van der Waals surface area (Å²) in [4.78, 5) is 28.3. The number of nitrogens with zero attached hydrogens (tertiary/aromatic N) is 2. The molecule has 3 rings (SSSR count). The molecule has 0 aliphatic carbocycles. The summed E-state index contributed by atoms with van der Waals surface area (Å²) in [6.07, 6.45) is 1.93. The summed E-state index contributed by atoms with van der Waals surface area (Å²) < 4.78 is 6.46. The van der Waals surface area contributed by atoms with E-state index in [1.165, 1.54) is 0 Å². The number of rotatable bonds is 3. The predicted octanol–water partition coefficient (Wildman–Crippen LogP) is 1.84. The second kappa shape index (κ2) is 7.45. The molecule has 2 amide bonds. The summed E-state index contributed by atoms with van der Waals surface area (Å²) >= 11 is 3.39. The van der Waals surface area contributed by atoms with E-state index in [9.17, 15) is 9.59 Å². The SMILES string of the molecule is O=C(Cc1ccc(Br)cc1)N1CCN(C(=O)C2CCCO2)CC1. The first-order valence-electron chi connectivity index (χ1n) is 8.06. The fourth-order valence-electron chi connectivity index (χ4n) is 3.04. The summed E-state index contributed by atoms with van der Waals surface area (Å²) in [5, 5.41) is 0. The molecule has 0 spiro atoms. The topological polar surface area (TPSA) is 49.9 Å². The number of amides is 2. The second-order valence-corrected chi connectivity index (χ2v) is 6.93. The molecular formula is C17H21BrN2O3. The van der Waals surface area contributed by atoms with E-state index in [0.29, 0.717) is 39.2 Å². The van der Waals surface area contributed by atoms with Gasteiger partial charge >= 0.3 is 0 Å². The van der Waals surface area contributed by atoms with Crippen molar-refractivity contribution in [2.75, 3.05) is 32.8 Å². The minimum Gasteiger partial charge on any atom is -0.368 e. The van der Waals surface area contributed by atoms with Crippen LogP contribution in [0, 0.1) is 0 Å². The van der Waals surface area contributed by atoms with E-state index in [2.05, 4.69) is 15.9 Å². The molecule has 124 valence electrons. The Bertz CT molecular complexity index is 562. The van der Waals surface area contributed by atoms with Gasteiger partial charge in [-0.25, -0.2) is 0 Å². The molecule has 2 fully saturated rings. The smallest absolute Gasteiger partial charge is 0.251 e. The molecule has 0 N–H and O–H groups in total. The van der Waals surface area contributed by atoms with Gasteiger partial charge in [-0.3, -0.25) is 9.59 Å². The summed E-state index contributed by atoms with van der Waals surface area (Å²) in [5.74, 6) is 0.207. The van der Waals surface area contributed by atoms with Gasteiger partial charge in [0, 0.05) is 37.3 Å². The van der Waals surface area contributed by atoms with Crippen molar-refractivity contribution in [2.45, 2.75) is 25.4 Å². The Morgan fingerprint density at radius 3 is 2.35 bits per heavy atom. The number of carbonyl (C=O) groups excluding carboxylic acids is 2. The van der Waals surface area contributed by atoms with Crippen molar-refractivity contribution in [1.82, 2.24) is 9.80 Å². The van der Waals surface area contributed by atoms with Gasteiger partial charge in [0.05, 0.1) is 6.42 Å². The van der Waals surface area contributed by atoms with Crippen molar-refractivity contribution >= 4 is 27.7 Å². The van der Waals surface area contributed by atoms with Crippen LogP contribution >= 0.6 is 15.9 Å². The summed E-state index contributed by atoms with van der Waals surface area (Å²) in [6, 6.07) is 7.81. The summed E-state index contributed by atoms with van der Waals surface area (Å²) in [5.41, 5.74) is 1.01. The van der Waals surface area contributed by atoms with E-state index < -0.39 is 0 Å². The zero-order chi connectivity index (χ0) is 16.2. The Kier molecular flexibility index (Phi) is 5.33. The summed E-state index contributed by atoms with van der Waals surface area (Å²) in [6.45, 7) is 3.10. The first-order valence-corrected chi connectivity index (χ1v) is 8.85. The van der Waals surface area contributed by atoms with Gasteiger partial charge < -0.3 is 14.5 Å². The number of hydrogen-bond acceptors (Lipinski definition) is 3. The molecule has 1 atom stereocenters. The van der Waals surface area contributed by atoms with E-state index >= 15 is 0 Å². The molecule has 1 aromatic carbocycles. The molecule has 1 aromatic rings. The second-order valence-electron chi connectivity index (χ2n) is 6.01. The molecule has 5 nitrogen and oxygen atoms in total. The number of carbonyl (C=O) groups is 2. The molecule has 0 radical (unpaired) electrons. The largest absolute Gasteiger partial charge is 0.368 e. The Morgan fingerprint density at radius 2 is 1.74 bits per heavy atom. The van der Waals surface area contributed by atoms with Gasteiger partial charge in [-0.05, 0) is 30.5 Å². The van der Waals surface area contributed by atoms with E-state index in [4.69, 9.17) is 4.74 Å². The fourth-order valence-corrected chi connectivity index (χ4v) is 3.31. The van der Waals surface area contributed by atoms with Gasteiger partial charge in [0.1, 0.15) is 6.10 Å². The van der Waals surface area contributed by atoms with Crippen LogP contribution in [0.5, 0.6) is 0 Å². The lowest BCUT2D eigenvalue weighted by atomic mass is 10.1. The molecule has 23 heavy (non-hydrogen) atoms. The monoisotopic (exact) mass is 380 g/mol. The van der Waals surface area contributed by atoms with E-state index in [-0.39, 0.29) is 17.9 Å². The van der Waals surface area contributed by atoms with Crippen molar-refractivity contribution in [2.24, 2.45) is 0 Å². The highest BCUT2D eigenvalue weighted by Gasteiger charge is 2.31. The minimum atomic E-state index is -0.264. The highest BCUT2D eigenvalue weighted by atomic mass is 79.9. The van der Waals surface area contributed by atoms with Crippen LogP contribution in [0.25, 0.3) is 0 Å². The number of piperazine rings is 1. The van der Waals surface area contributed by atoms with E-state index in [1.807, 2.05) is 34.1 Å². The average Bonchev–Trinajstić information content (AvgIpc) is 3.11. The van der Waals surface area contributed by atoms with Crippen molar-refractivity contribution < 1.29 is 14.3 Å². The molecule has 1 unspecified atom stereocenters. The molecule has 0 saturated carbocycles. The predicted molar refractivity (Wildman–Crippen MR) is 90.0 cm³/mol. The maximum Gasteiger partial charge on any atom is 0.251 e. The minimum absolute atomic E-state index is 0.0857. The van der Waals surface area contributed by atoms with Crippen molar-refractivity contribution in [3.05, 3.63) is 34.3 Å². The maximum absolute atomic E-state index is 12.4. The molecule has 0 bridgehead atoms. The van der Waals surface area contributed by atoms with Crippen LogP contribution in [0.2, 0.25) is 0 Å². The van der Waals surface area contributed by atoms with Crippen LogP contribution in [0.15, 0.2) is 28.7 Å². The third-order valence-corrected chi connectivity index (χ3v) is 4.95. The van der Waals surface area contributed by atoms with Gasteiger partial charge in [-0.15, -0.1) is 0 Å². The van der Waals surface area contributed by atoms with Gasteiger partial charge in [0.25, 0.3) is 5.91 Å². The zero-order valence-corrected chi connectivity index (χ0v) is 14.6. The highest BCUT2D eigenvalue weighted by Crippen LogP contribution is 2.17. The average molecular weight is 381 g/mol. The summed E-state index contributed by atoms with van der Waals surface area (Å²) in [7, 11) is 0. The van der Waals surface area contributed by atoms with Crippen molar-refractivity contribution in [3.63, 3.8) is 0 Å². The zero-order valence-electron chi connectivity index (χ0n) is 13.0. The Hall–Kier alpha value is -1.40. The van der Waals surface area contributed by atoms with Crippen LogP contribution < -0.4 is 0 Å². The molecule has 2 saturated heterocycles. The first kappa shape index (κ1) is 16.5. The van der Waals surface area contributed by atoms with E-state index in [0.717, 1.165) is 22.9 Å². The third kappa shape index (κ3) is 4.12. The van der Waals surface area contributed by atoms with Crippen molar-refractivity contribution in [1.29, 1.82) is 0 Å². The van der Waals surface area contributed by atoms with Crippen LogP contribution in [0.1, 0.15) is 18.4 Å². The van der Waals surface area contributed by atoms with Gasteiger partial charge in [-0.2, -0.15) is 0 Å². The lowest BCUT2D eigenvalue weighted by molar-refractivity contribution is -0.145. The Morgan fingerprint density at radius 1 is 1.09 bits per heavy atom. The molecule has 6 heteroatoms. The number of hydrogen-bond donors (Lipinski definition) is 0. The number of ether oxygens (including phenoxy) is 1. The fraction of sp³-hybridized carbons (Fsp3) is 0.529. The van der Waals surface area contributed by atoms with Crippen molar-refractivity contribution in [3.8, 4) is 0 Å². The van der Waals surface area contributed by atoms with Crippen LogP contribution in [-0.2, 0) is 20.7 Å². The van der Waals surface area contributed by atoms with Crippen LogP contribution in [-0.4, -0.2) is 60.5 Å². The Balaban J connectivity index is 1.49. The quantitative estimate of drug-likeness (QED) is 0.803. The molecular weight excluding hydrogens is 360 g/mol. The van der Waals surface area contributed by atoms with Gasteiger partial charge in [0.2, 0.25) is 5.91 Å². The number of benzene rings is 1. The molecule has 2 heterocycles. The number of halogens is 1. The van der Waals surface area contributed by atoms with Crippen LogP contribution in [0.4, 0.5) is 0 Å². The normalized spacial score (nSPS) is 21.5. The molecule has 2 aliphatic rings. The van der Waals surface area contributed by atoms with Gasteiger partial charge in [0.15, 0.2) is 0 Å². The molecule has 0 aromatic heterocycles. The lowest BCUT2D eigenvalue weighted by Gasteiger charge is -2.35. The Labute approximate surface area is 144 Å². The third-order valence-electron chi connectivity index (χ3n) is 4.42. The van der Waals surface area contributed by atoms with Gasteiger partial charge in [-0.1, -0.05) is 28.1 Å².